The molecule has 0 aromatic rings. The van der Waals surface area contributed by atoms with Gasteiger partial charge in [-0.2, -0.15) is 0 Å². The molecule has 0 bridgehead atoms. The molecule has 60 valence electrons. The van der Waals surface area contributed by atoms with Crippen LogP contribution in [0, 0.1) is 11.8 Å². The van der Waals surface area contributed by atoms with E-state index in [2.05, 4.69) is 13.8 Å². The van der Waals surface area contributed by atoms with E-state index in [4.69, 9.17) is 0 Å². The van der Waals surface area contributed by atoms with E-state index >= 15 is 0 Å². The summed E-state index contributed by atoms with van der Waals surface area (Å²) in [7, 11) is 0. The van der Waals surface area contributed by atoms with E-state index in [1.54, 1.807) is 0 Å². The van der Waals surface area contributed by atoms with Crippen LogP contribution in [0.15, 0.2) is 0 Å². The predicted molar refractivity (Wildman–Crippen MR) is 42.8 cm³/mol. The lowest BCUT2D eigenvalue weighted by Crippen LogP contribution is -2.23. The Morgan fingerprint density at radius 1 is 1.00 bits per heavy atom. The second-order valence-corrected chi connectivity index (χ2v) is 3.73. The molecule has 1 N–H and O–H groups in total. The molecule has 1 fully saturated rings. The van der Waals surface area contributed by atoms with Gasteiger partial charge in [-0.3, -0.25) is 0 Å². The molecule has 10 heavy (non-hydrogen) atoms. The number of aliphatic hydroxyl groups is 1. The SMILES string of the molecule is CC1CCCCC(C)C1O. The van der Waals surface area contributed by atoms with Crippen molar-refractivity contribution in [2.24, 2.45) is 11.8 Å². The van der Waals surface area contributed by atoms with Crippen molar-refractivity contribution in [3.8, 4) is 0 Å². The van der Waals surface area contributed by atoms with Crippen molar-refractivity contribution in [3.63, 3.8) is 0 Å². The number of rotatable bonds is 0. The van der Waals surface area contributed by atoms with Crippen LogP contribution in [0.25, 0.3) is 0 Å². The van der Waals surface area contributed by atoms with E-state index in [1.807, 2.05) is 0 Å². The van der Waals surface area contributed by atoms with Gasteiger partial charge >= 0.3 is 0 Å². The van der Waals surface area contributed by atoms with Crippen molar-refractivity contribution in [2.45, 2.75) is 45.6 Å². The van der Waals surface area contributed by atoms with Gasteiger partial charge in [-0.1, -0.05) is 26.7 Å². The first-order chi connectivity index (χ1) is 4.72. The normalized spacial score (nSPS) is 42.9. The van der Waals surface area contributed by atoms with E-state index in [-0.39, 0.29) is 6.10 Å². The lowest BCUT2D eigenvalue weighted by atomic mass is 9.93. The van der Waals surface area contributed by atoms with Gasteiger partial charge in [0, 0.05) is 0 Å². The minimum absolute atomic E-state index is 0.0394. The summed E-state index contributed by atoms with van der Waals surface area (Å²) in [4.78, 5) is 0. The number of hydrogen-bond donors (Lipinski definition) is 1. The molecule has 1 rings (SSSR count). The van der Waals surface area contributed by atoms with E-state index in [9.17, 15) is 5.11 Å². The molecule has 1 saturated carbocycles. The fourth-order valence-electron chi connectivity index (χ4n) is 1.83. The van der Waals surface area contributed by atoms with Gasteiger partial charge in [-0.15, -0.1) is 0 Å². The molecule has 1 heteroatoms. The van der Waals surface area contributed by atoms with Gasteiger partial charge in [0.05, 0.1) is 6.10 Å². The van der Waals surface area contributed by atoms with E-state index in [0.717, 1.165) is 0 Å². The Balaban J connectivity index is 2.46. The predicted octanol–water partition coefficient (Wildman–Crippen LogP) is 2.19. The zero-order valence-corrected chi connectivity index (χ0v) is 7.01. The van der Waals surface area contributed by atoms with Crippen molar-refractivity contribution in [1.82, 2.24) is 0 Å². The summed E-state index contributed by atoms with van der Waals surface area (Å²) in [6, 6.07) is 0. The molecular weight excluding hydrogens is 124 g/mol. The topological polar surface area (TPSA) is 20.2 Å². The zero-order chi connectivity index (χ0) is 7.56. The van der Waals surface area contributed by atoms with Gasteiger partial charge in [0.15, 0.2) is 0 Å². The third-order valence-corrected chi connectivity index (χ3v) is 2.73. The van der Waals surface area contributed by atoms with Gasteiger partial charge < -0.3 is 5.11 Å². The smallest absolute Gasteiger partial charge is 0.0591 e. The molecule has 1 aliphatic rings. The summed E-state index contributed by atoms with van der Waals surface area (Å²) in [5, 5.41) is 9.63. The maximum atomic E-state index is 9.63. The van der Waals surface area contributed by atoms with Crippen LogP contribution in [0.1, 0.15) is 39.5 Å². The molecule has 2 atom stereocenters. The molecular formula is C9H18O. The molecule has 0 saturated heterocycles. The van der Waals surface area contributed by atoms with Crippen LogP contribution in [-0.4, -0.2) is 11.2 Å². The van der Waals surface area contributed by atoms with Crippen LogP contribution >= 0.6 is 0 Å². The van der Waals surface area contributed by atoms with Crippen molar-refractivity contribution < 1.29 is 5.11 Å². The first-order valence-electron chi connectivity index (χ1n) is 4.40. The monoisotopic (exact) mass is 142 g/mol. The maximum absolute atomic E-state index is 9.63. The van der Waals surface area contributed by atoms with E-state index < -0.39 is 0 Å². The van der Waals surface area contributed by atoms with Crippen LogP contribution in [0.2, 0.25) is 0 Å². The molecule has 0 spiro atoms. The lowest BCUT2D eigenvalue weighted by molar-refractivity contribution is 0.0678. The molecule has 0 heterocycles. The maximum Gasteiger partial charge on any atom is 0.0591 e. The summed E-state index contributed by atoms with van der Waals surface area (Å²) in [5.74, 6) is 1.05. The number of hydrogen-bond acceptors (Lipinski definition) is 1. The van der Waals surface area contributed by atoms with Crippen LogP contribution < -0.4 is 0 Å². The fraction of sp³-hybridized carbons (Fsp3) is 1.00. The van der Waals surface area contributed by atoms with E-state index in [0.29, 0.717) is 11.8 Å². The van der Waals surface area contributed by atoms with Crippen molar-refractivity contribution in [2.75, 3.05) is 0 Å². The lowest BCUT2D eigenvalue weighted by Gasteiger charge is -2.20. The Bertz CT molecular complexity index is 88.9. The zero-order valence-electron chi connectivity index (χ0n) is 7.01. The van der Waals surface area contributed by atoms with Crippen molar-refractivity contribution >= 4 is 0 Å². The first-order valence-corrected chi connectivity index (χ1v) is 4.40. The third kappa shape index (κ3) is 1.72. The van der Waals surface area contributed by atoms with Gasteiger partial charge in [-0.05, 0) is 24.7 Å². The Labute approximate surface area is 63.4 Å². The fourth-order valence-corrected chi connectivity index (χ4v) is 1.83. The van der Waals surface area contributed by atoms with E-state index in [1.165, 1.54) is 25.7 Å². The van der Waals surface area contributed by atoms with Crippen molar-refractivity contribution in [3.05, 3.63) is 0 Å². The molecule has 0 amide bonds. The van der Waals surface area contributed by atoms with Crippen molar-refractivity contribution in [1.29, 1.82) is 0 Å². The molecule has 1 aliphatic carbocycles. The second-order valence-electron chi connectivity index (χ2n) is 3.73. The van der Waals surface area contributed by atoms with Gasteiger partial charge in [0.1, 0.15) is 0 Å². The molecule has 1 nitrogen and oxygen atoms in total. The highest BCUT2D eigenvalue weighted by molar-refractivity contribution is 4.74. The van der Waals surface area contributed by atoms with Crippen LogP contribution in [0.3, 0.4) is 0 Å². The minimum atomic E-state index is -0.0394. The van der Waals surface area contributed by atoms with Gasteiger partial charge in [0.2, 0.25) is 0 Å². The minimum Gasteiger partial charge on any atom is -0.393 e. The number of aliphatic hydroxyl groups excluding tert-OH is 1. The Hall–Kier alpha value is -0.0400. The first kappa shape index (κ1) is 8.06. The highest BCUT2D eigenvalue weighted by atomic mass is 16.3. The molecule has 0 aromatic carbocycles. The average Bonchev–Trinajstić information content (AvgIpc) is 2.04. The van der Waals surface area contributed by atoms with Crippen LogP contribution in [-0.2, 0) is 0 Å². The highest BCUT2D eigenvalue weighted by Crippen LogP contribution is 2.27. The van der Waals surface area contributed by atoms with Gasteiger partial charge in [-0.25, -0.2) is 0 Å². The summed E-state index contributed by atoms with van der Waals surface area (Å²) in [5.41, 5.74) is 0. The Morgan fingerprint density at radius 3 is 1.80 bits per heavy atom. The molecule has 2 unspecified atom stereocenters. The van der Waals surface area contributed by atoms with Crippen LogP contribution in [0.4, 0.5) is 0 Å². The second kappa shape index (κ2) is 3.38. The Morgan fingerprint density at radius 2 is 1.40 bits per heavy atom. The third-order valence-electron chi connectivity index (χ3n) is 2.73. The van der Waals surface area contributed by atoms with Gasteiger partial charge in [0.25, 0.3) is 0 Å². The highest BCUT2D eigenvalue weighted by Gasteiger charge is 2.23. The average molecular weight is 142 g/mol. The quantitative estimate of drug-likeness (QED) is 0.514. The summed E-state index contributed by atoms with van der Waals surface area (Å²) in [6.07, 6.45) is 5.00. The standard InChI is InChI=1S/C9H18O/c1-7-5-3-4-6-8(2)9(7)10/h7-10H,3-6H2,1-2H3. The summed E-state index contributed by atoms with van der Waals surface area (Å²) in [6.45, 7) is 4.32. The van der Waals surface area contributed by atoms with Crippen LogP contribution in [0.5, 0.6) is 0 Å². The summed E-state index contributed by atoms with van der Waals surface area (Å²) >= 11 is 0. The molecule has 0 aliphatic heterocycles. The molecule has 0 aromatic heterocycles. The summed E-state index contributed by atoms with van der Waals surface area (Å²) < 4.78 is 0. The Kier molecular flexibility index (Phi) is 2.72. The largest absolute Gasteiger partial charge is 0.393 e. The molecule has 0 radical (unpaired) electrons.